The highest BCUT2D eigenvalue weighted by Crippen LogP contribution is 2.32. The zero-order valence-electron chi connectivity index (χ0n) is 18.5. The second-order valence-corrected chi connectivity index (χ2v) is 8.68. The molecule has 6 nitrogen and oxygen atoms in total. The molecule has 0 aliphatic rings. The molecule has 2 heterocycles. The number of hydrogen-bond donors (Lipinski definition) is 1. The van der Waals surface area contributed by atoms with Crippen LogP contribution in [0.25, 0.3) is 5.65 Å². The Kier molecular flexibility index (Phi) is 7.11. The molecule has 0 bridgehead atoms. The summed E-state index contributed by atoms with van der Waals surface area (Å²) in [5, 5.41) is 2.72. The van der Waals surface area contributed by atoms with Crippen molar-refractivity contribution in [3.05, 3.63) is 100 Å². The summed E-state index contributed by atoms with van der Waals surface area (Å²) in [7, 11) is 0. The first-order chi connectivity index (χ1) is 16.7. The fraction of sp³-hybridized carbons (Fsp3) is 0.160. The average Bonchev–Trinajstić information content (AvgIpc) is 2.81. The number of nitrogens with zero attached hydrogens (tertiary/aromatic N) is 2. The number of anilines is 1. The highest BCUT2D eigenvalue weighted by atomic mass is 32.2. The fourth-order valence-corrected chi connectivity index (χ4v) is 4.17. The number of aromatic nitrogens is 2. The molecule has 35 heavy (non-hydrogen) atoms. The predicted molar refractivity (Wildman–Crippen MR) is 128 cm³/mol. The number of nitrogens with one attached hydrogen (secondary N) is 1. The van der Waals surface area contributed by atoms with Crippen molar-refractivity contribution in [2.75, 3.05) is 11.9 Å². The molecule has 2 aromatic carbocycles. The number of aryl methyl sites for hydroxylation is 1. The molecule has 0 aliphatic carbocycles. The van der Waals surface area contributed by atoms with E-state index >= 15 is 0 Å². The van der Waals surface area contributed by atoms with Gasteiger partial charge in [0.05, 0.1) is 16.9 Å². The molecule has 10 heteroatoms. The second-order valence-electron chi connectivity index (χ2n) is 7.67. The second kappa shape index (κ2) is 10.2. The van der Waals surface area contributed by atoms with E-state index in [4.69, 9.17) is 4.74 Å². The number of alkyl halides is 3. The molecule has 1 N–H and O–H groups in total. The van der Waals surface area contributed by atoms with E-state index in [1.165, 1.54) is 34.4 Å². The van der Waals surface area contributed by atoms with Crippen LogP contribution < -0.4 is 15.6 Å². The Morgan fingerprint density at radius 3 is 2.69 bits per heavy atom. The minimum Gasteiger partial charge on any atom is -0.484 e. The zero-order chi connectivity index (χ0) is 25.0. The van der Waals surface area contributed by atoms with Crippen molar-refractivity contribution in [1.82, 2.24) is 9.38 Å². The number of thioether (sulfide) groups is 1. The van der Waals surface area contributed by atoms with Crippen molar-refractivity contribution in [2.45, 2.75) is 23.7 Å². The average molecular weight is 500 g/mol. The van der Waals surface area contributed by atoms with E-state index in [1.54, 1.807) is 18.3 Å². The molecule has 0 unspecified atom stereocenters. The van der Waals surface area contributed by atoms with Gasteiger partial charge in [0.2, 0.25) is 0 Å². The molecule has 0 aliphatic heterocycles. The number of halogens is 3. The number of carbonyl (C=O) groups excluding carboxylic acids is 1. The van der Waals surface area contributed by atoms with Crippen LogP contribution >= 0.6 is 11.8 Å². The smallest absolute Gasteiger partial charge is 0.416 e. The lowest BCUT2D eigenvalue weighted by Crippen LogP contribution is -2.20. The molecule has 4 rings (SSSR count). The minimum atomic E-state index is -4.50. The van der Waals surface area contributed by atoms with Crippen LogP contribution in [-0.4, -0.2) is 21.9 Å². The third kappa shape index (κ3) is 6.21. The maximum Gasteiger partial charge on any atom is 0.416 e. The molecule has 180 valence electrons. The van der Waals surface area contributed by atoms with Gasteiger partial charge in [-0.05, 0) is 55.0 Å². The summed E-state index contributed by atoms with van der Waals surface area (Å²) >= 11 is 1.39. The Hall–Kier alpha value is -3.79. The standard InChI is InChI=1S/C25H20F3N3O3S/c1-16-9-10-31-22(11-16)29-18(13-24(31)33)15-35-21-8-3-2-7-20(21)30-23(32)14-34-19-6-4-5-17(12-19)25(26,27)28/h2-13H,14-15H2,1H3,(H,30,32). The van der Waals surface area contributed by atoms with Gasteiger partial charge in [0.25, 0.3) is 11.5 Å². The number of rotatable bonds is 7. The van der Waals surface area contributed by atoms with Gasteiger partial charge in [-0.25, -0.2) is 4.98 Å². The van der Waals surface area contributed by atoms with Crippen LogP contribution in [0.2, 0.25) is 0 Å². The lowest BCUT2D eigenvalue weighted by molar-refractivity contribution is -0.137. The van der Waals surface area contributed by atoms with Crippen molar-refractivity contribution >= 4 is 29.0 Å². The van der Waals surface area contributed by atoms with Crippen molar-refractivity contribution in [2.24, 2.45) is 0 Å². The van der Waals surface area contributed by atoms with Crippen LogP contribution in [0.1, 0.15) is 16.8 Å². The summed E-state index contributed by atoms with van der Waals surface area (Å²) in [5.41, 5.74) is 1.62. The lowest BCUT2D eigenvalue weighted by Gasteiger charge is -2.12. The number of pyridine rings is 1. The fourth-order valence-electron chi connectivity index (χ4n) is 3.27. The molecular formula is C25H20F3N3O3S. The molecule has 0 radical (unpaired) electrons. The normalized spacial score (nSPS) is 11.4. The number of amides is 1. The minimum absolute atomic E-state index is 0.0541. The van der Waals surface area contributed by atoms with Crippen molar-refractivity contribution < 1.29 is 22.7 Å². The van der Waals surface area contributed by atoms with E-state index in [9.17, 15) is 22.8 Å². The maximum atomic E-state index is 12.9. The van der Waals surface area contributed by atoms with E-state index < -0.39 is 24.3 Å². The van der Waals surface area contributed by atoms with Crippen molar-refractivity contribution in [3.63, 3.8) is 0 Å². The molecule has 0 atom stereocenters. The van der Waals surface area contributed by atoms with Crippen LogP contribution in [0.15, 0.2) is 82.6 Å². The van der Waals surface area contributed by atoms with E-state index in [2.05, 4.69) is 10.3 Å². The number of para-hydroxylation sites is 1. The van der Waals surface area contributed by atoms with Gasteiger partial charge in [-0.15, -0.1) is 11.8 Å². The van der Waals surface area contributed by atoms with Gasteiger partial charge >= 0.3 is 6.18 Å². The first-order valence-electron chi connectivity index (χ1n) is 10.5. The highest BCUT2D eigenvalue weighted by molar-refractivity contribution is 7.98. The van der Waals surface area contributed by atoms with E-state index in [0.29, 0.717) is 22.8 Å². The summed E-state index contributed by atoms with van der Waals surface area (Å²) in [6.45, 7) is 1.46. The third-order valence-corrected chi connectivity index (χ3v) is 6.05. The summed E-state index contributed by atoms with van der Waals surface area (Å²) in [4.78, 5) is 30.1. The van der Waals surface area contributed by atoms with Crippen LogP contribution in [0.4, 0.5) is 18.9 Å². The van der Waals surface area contributed by atoms with Crippen molar-refractivity contribution in [1.29, 1.82) is 0 Å². The summed E-state index contributed by atoms with van der Waals surface area (Å²) < 4.78 is 45.3. The Morgan fingerprint density at radius 2 is 1.89 bits per heavy atom. The largest absolute Gasteiger partial charge is 0.484 e. The Morgan fingerprint density at radius 1 is 1.09 bits per heavy atom. The summed E-state index contributed by atoms with van der Waals surface area (Å²) in [5.74, 6) is -0.178. The van der Waals surface area contributed by atoms with Gasteiger partial charge in [0, 0.05) is 22.9 Å². The predicted octanol–water partition coefficient (Wildman–Crippen LogP) is 5.33. The SMILES string of the molecule is Cc1ccn2c(=O)cc(CSc3ccccc3NC(=O)COc3cccc(C(F)(F)F)c3)nc2c1. The molecule has 0 fully saturated rings. The van der Waals surface area contributed by atoms with E-state index in [0.717, 1.165) is 22.6 Å². The van der Waals surface area contributed by atoms with E-state index in [-0.39, 0.29) is 11.3 Å². The number of ether oxygens (including phenoxy) is 1. The highest BCUT2D eigenvalue weighted by Gasteiger charge is 2.30. The van der Waals surface area contributed by atoms with Gasteiger partial charge in [-0.3, -0.25) is 14.0 Å². The molecule has 1 amide bonds. The third-order valence-electron chi connectivity index (χ3n) is 4.94. The first kappa shape index (κ1) is 24.3. The van der Waals surface area contributed by atoms with Gasteiger partial charge in [-0.2, -0.15) is 13.2 Å². The number of fused-ring (bicyclic) bond motifs is 1. The monoisotopic (exact) mass is 499 g/mol. The van der Waals surface area contributed by atoms with Gasteiger partial charge in [0.15, 0.2) is 6.61 Å². The van der Waals surface area contributed by atoms with Crippen LogP contribution in [0.3, 0.4) is 0 Å². The number of hydrogen-bond acceptors (Lipinski definition) is 5. The Balaban J connectivity index is 1.41. The quantitative estimate of drug-likeness (QED) is 0.348. The maximum absolute atomic E-state index is 12.9. The van der Waals surface area contributed by atoms with Crippen LogP contribution in [0.5, 0.6) is 5.75 Å². The number of carbonyl (C=O) groups is 1. The topological polar surface area (TPSA) is 72.7 Å². The molecular weight excluding hydrogens is 479 g/mol. The van der Waals surface area contributed by atoms with Gasteiger partial charge < -0.3 is 10.1 Å². The Labute approximate surface area is 202 Å². The van der Waals surface area contributed by atoms with Crippen LogP contribution in [0, 0.1) is 6.92 Å². The summed E-state index contributed by atoms with van der Waals surface area (Å²) in [6, 6.07) is 16.6. The molecule has 2 aromatic heterocycles. The first-order valence-corrected chi connectivity index (χ1v) is 11.5. The van der Waals surface area contributed by atoms with E-state index in [1.807, 2.05) is 31.2 Å². The van der Waals surface area contributed by atoms with Crippen LogP contribution in [-0.2, 0) is 16.7 Å². The lowest BCUT2D eigenvalue weighted by atomic mass is 10.2. The van der Waals surface area contributed by atoms with Crippen molar-refractivity contribution in [3.8, 4) is 5.75 Å². The Bertz CT molecular complexity index is 1440. The molecule has 0 saturated heterocycles. The zero-order valence-corrected chi connectivity index (χ0v) is 19.3. The van der Waals surface area contributed by atoms with Gasteiger partial charge in [-0.1, -0.05) is 18.2 Å². The molecule has 0 saturated carbocycles. The summed E-state index contributed by atoms with van der Waals surface area (Å²) in [6.07, 6.45) is -2.81. The molecule has 0 spiro atoms. The number of benzene rings is 2. The molecule has 4 aromatic rings. The van der Waals surface area contributed by atoms with Gasteiger partial charge in [0.1, 0.15) is 11.4 Å².